The average Bonchev–Trinajstić information content (AvgIpc) is 0.918. The Kier molecular flexibility index (Phi) is 20.5. The van der Waals surface area contributed by atoms with Gasteiger partial charge in [-0.3, -0.25) is 0 Å². The Labute approximate surface area is 39.3 Å². The van der Waals surface area contributed by atoms with Gasteiger partial charge in [0.2, 0.25) is 0 Å². The predicted octanol–water partition coefficient (Wildman–Crippen LogP) is 0.505. The zero-order chi connectivity index (χ0) is 2.71. The van der Waals surface area contributed by atoms with Crippen LogP contribution in [0.5, 0.6) is 0 Å². The number of hydrogen-bond donors (Lipinski definition) is 0. The summed E-state index contributed by atoms with van der Waals surface area (Å²) in [5.74, 6) is 0. The molecule has 0 amide bonds. The molecule has 0 N–H and O–H groups in total. The van der Waals surface area contributed by atoms with Gasteiger partial charge in [-0.1, -0.05) is 0 Å². The molecule has 0 aromatic heterocycles. The molecule has 0 aliphatic rings. The standard InChI is InChI=1S/CH2Cl2.Be.2H/c2-1-3;;;/h1H2;;;. The van der Waals surface area contributed by atoms with E-state index >= 15 is 0 Å². The first-order valence-electron chi connectivity index (χ1n) is 0.535. The molecule has 0 bridgehead atoms. The molecule has 0 aliphatic carbocycles. The maximum absolute atomic E-state index is 4.76. The molecule has 0 saturated carbocycles. The van der Waals surface area contributed by atoms with E-state index in [2.05, 4.69) is 0 Å². The Morgan fingerprint density at radius 1 is 1.25 bits per heavy atom. The van der Waals surface area contributed by atoms with Crippen molar-refractivity contribution in [1.82, 2.24) is 0 Å². The van der Waals surface area contributed by atoms with Gasteiger partial charge in [-0.2, -0.15) is 0 Å². The minimum absolute atomic E-state index is 0. The van der Waals surface area contributed by atoms with Crippen LogP contribution in [0.2, 0.25) is 0 Å². The summed E-state index contributed by atoms with van der Waals surface area (Å²) >= 11 is 9.53. The van der Waals surface area contributed by atoms with Crippen molar-refractivity contribution in [2.24, 2.45) is 0 Å². The molecule has 0 radical (unpaired) electrons. The van der Waals surface area contributed by atoms with Crippen molar-refractivity contribution >= 4 is 33.3 Å². The van der Waals surface area contributed by atoms with Gasteiger partial charge in [-0.05, 0) is 0 Å². The summed E-state index contributed by atoms with van der Waals surface area (Å²) in [6, 6.07) is 0. The Bertz CT molecular complexity index is 6.00. The average molecular weight is 96.0 g/mol. The summed E-state index contributed by atoms with van der Waals surface area (Å²) in [6.07, 6.45) is 0. The molecule has 0 saturated heterocycles. The van der Waals surface area contributed by atoms with Gasteiger partial charge < -0.3 is 0 Å². The van der Waals surface area contributed by atoms with E-state index in [-0.39, 0.29) is 15.5 Å². The molecular weight excluding hydrogens is 91.9 g/mol. The number of alkyl halides is 2. The monoisotopic (exact) mass is 95.0 g/mol. The van der Waals surface area contributed by atoms with Gasteiger partial charge >= 0.3 is 10.1 Å². The van der Waals surface area contributed by atoms with Crippen molar-refractivity contribution in [3.63, 3.8) is 0 Å². The molecular formula is CH4BeCl2. The van der Waals surface area contributed by atoms with E-state index in [9.17, 15) is 0 Å². The van der Waals surface area contributed by atoms with Gasteiger partial charge in [0, 0.05) is 0 Å². The van der Waals surface area contributed by atoms with Crippen LogP contribution in [0.15, 0.2) is 0 Å². The molecule has 0 aliphatic heterocycles. The first-order valence-corrected chi connectivity index (χ1v) is 1.60. The Hall–Kier alpha value is 0.749. The summed E-state index contributed by atoms with van der Waals surface area (Å²) in [5, 5.41) is 0.194. The second-order valence-corrected chi connectivity index (χ2v) is 0.909. The van der Waals surface area contributed by atoms with E-state index < -0.39 is 0 Å². The number of halogens is 2. The zero-order valence-electron chi connectivity index (χ0n) is 1.46. The van der Waals surface area contributed by atoms with Crippen LogP contribution in [0.1, 0.15) is 0 Å². The predicted molar refractivity (Wildman–Crippen MR) is 25.1 cm³/mol. The molecule has 0 unspecified atom stereocenters. The number of hydrogen-bond acceptors (Lipinski definition) is 0. The van der Waals surface area contributed by atoms with Gasteiger partial charge in [0.15, 0.2) is 0 Å². The summed E-state index contributed by atoms with van der Waals surface area (Å²) < 4.78 is 0. The Balaban J connectivity index is 0. The molecule has 3 heteroatoms. The molecule has 0 spiro atoms. The van der Waals surface area contributed by atoms with Crippen molar-refractivity contribution in [3.8, 4) is 0 Å². The van der Waals surface area contributed by atoms with Gasteiger partial charge in [0.1, 0.15) is 0 Å². The Morgan fingerprint density at radius 3 is 1.25 bits per heavy atom. The van der Waals surface area contributed by atoms with Crippen molar-refractivity contribution < 1.29 is 0 Å². The third-order valence-corrected chi connectivity index (χ3v) is 0. The third kappa shape index (κ3) is 15.0. The van der Waals surface area contributed by atoms with Crippen LogP contribution in [0.4, 0.5) is 0 Å². The van der Waals surface area contributed by atoms with Gasteiger partial charge in [-0.25, -0.2) is 0 Å². The summed E-state index contributed by atoms with van der Waals surface area (Å²) in [7, 11) is 0. The SMILES string of the molecule is ClCCl.[BeH2]. The van der Waals surface area contributed by atoms with Crippen LogP contribution in [-0.4, -0.2) is 15.5 Å². The summed E-state index contributed by atoms with van der Waals surface area (Å²) in [6.45, 7) is 0. The molecule has 0 aromatic carbocycles. The molecule has 0 heterocycles. The van der Waals surface area contributed by atoms with Crippen LogP contribution in [0, 0.1) is 0 Å². The van der Waals surface area contributed by atoms with E-state index in [4.69, 9.17) is 23.2 Å². The maximum atomic E-state index is 4.76. The minimum atomic E-state index is 0. The van der Waals surface area contributed by atoms with Gasteiger partial charge in [0.05, 0.1) is 5.34 Å². The molecule has 0 rings (SSSR count). The second kappa shape index (κ2) is 9.26. The van der Waals surface area contributed by atoms with E-state index in [1.807, 2.05) is 0 Å². The van der Waals surface area contributed by atoms with E-state index in [0.29, 0.717) is 0 Å². The van der Waals surface area contributed by atoms with E-state index in [1.165, 1.54) is 0 Å². The van der Waals surface area contributed by atoms with E-state index in [0.717, 1.165) is 0 Å². The van der Waals surface area contributed by atoms with Gasteiger partial charge in [-0.15, -0.1) is 23.2 Å². The topological polar surface area (TPSA) is 0 Å². The fourth-order valence-electron chi connectivity index (χ4n) is 0. The van der Waals surface area contributed by atoms with Crippen LogP contribution in [0.25, 0.3) is 0 Å². The second-order valence-electron chi connectivity index (χ2n) is 0.101. The first kappa shape index (κ1) is 8.83. The van der Waals surface area contributed by atoms with Crippen LogP contribution in [0.3, 0.4) is 0 Å². The Morgan fingerprint density at radius 2 is 1.25 bits per heavy atom. The van der Waals surface area contributed by atoms with Gasteiger partial charge in [0.25, 0.3) is 0 Å². The van der Waals surface area contributed by atoms with Crippen molar-refractivity contribution in [1.29, 1.82) is 0 Å². The summed E-state index contributed by atoms with van der Waals surface area (Å²) in [4.78, 5) is 0. The molecule has 0 atom stereocenters. The van der Waals surface area contributed by atoms with Crippen molar-refractivity contribution in [2.45, 2.75) is 0 Å². The zero-order valence-corrected chi connectivity index (χ0v) is 2.97. The fraction of sp³-hybridized carbons (Fsp3) is 1.00. The molecule has 24 valence electrons. The molecule has 4 heavy (non-hydrogen) atoms. The molecule has 0 aromatic rings. The van der Waals surface area contributed by atoms with Crippen molar-refractivity contribution in [2.75, 3.05) is 5.34 Å². The summed E-state index contributed by atoms with van der Waals surface area (Å²) in [5.41, 5.74) is 0. The molecule has 0 nitrogen and oxygen atoms in total. The van der Waals surface area contributed by atoms with Crippen LogP contribution in [-0.2, 0) is 0 Å². The van der Waals surface area contributed by atoms with E-state index in [1.54, 1.807) is 0 Å². The quantitative estimate of drug-likeness (QED) is 0.304. The first-order chi connectivity index (χ1) is 1.41. The van der Waals surface area contributed by atoms with Crippen molar-refractivity contribution in [3.05, 3.63) is 0 Å². The molecule has 0 fully saturated rings. The van der Waals surface area contributed by atoms with Crippen LogP contribution >= 0.6 is 23.2 Å². The number of rotatable bonds is 0. The van der Waals surface area contributed by atoms with Crippen LogP contribution < -0.4 is 0 Å². The normalized spacial score (nSPS) is 4.50. The third-order valence-electron chi connectivity index (χ3n) is 0. The fourth-order valence-corrected chi connectivity index (χ4v) is 0.